The molecule has 90 valence electrons. The second-order valence-corrected chi connectivity index (χ2v) is 4.67. The third-order valence-corrected chi connectivity index (χ3v) is 3.32. The van der Waals surface area contributed by atoms with Gasteiger partial charge in [0.1, 0.15) is 22.1 Å². The maximum absolute atomic E-state index is 11.8. The number of carbonyl (C=O) groups is 1. The van der Waals surface area contributed by atoms with Gasteiger partial charge in [-0.25, -0.2) is 4.98 Å². The topological polar surface area (TPSA) is 83.0 Å². The number of pyridine rings is 1. The molecule has 1 saturated heterocycles. The Balaban J connectivity index is 2.40. The Morgan fingerprint density at radius 1 is 1.67 bits per heavy atom. The zero-order chi connectivity index (χ0) is 13.3. The maximum Gasteiger partial charge on any atom is 0.229 e. The summed E-state index contributed by atoms with van der Waals surface area (Å²) in [6.45, 7) is 0.431. The Morgan fingerprint density at radius 3 is 2.89 bits per heavy atom. The van der Waals surface area contributed by atoms with Crippen LogP contribution in [0.3, 0.4) is 0 Å². The summed E-state index contributed by atoms with van der Waals surface area (Å²) >= 11 is 3.17. The van der Waals surface area contributed by atoms with Crippen LogP contribution >= 0.6 is 15.9 Å². The van der Waals surface area contributed by atoms with Gasteiger partial charge in [-0.3, -0.25) is 9.69 Å². The lowest BCUT2D eigenvalue weighted by molar-refractivity contribution is -0.117. The lowest BCUT2D eigenvalue weighted by atomic mass is 10.1. The van der Waals surface area contributed by atoms with Gasteiger partial charge in [-0.15, -0.1) is 12.3 Å². The third-order valence-electron chi connectivity index (χ3n) is 2.74. The zero-order valence-corrected chi connectivity index (χ0v) is 10.9. The van der Waals surface area contributed by atoms with E-state index < -0.39 is 0 Å². The molecule has 0 radical (unpaired) electrons. The van der Waals surface area contributed by atoms with Crippen molar-refractivity contribution in [1.82, 2.24) is 4.98 Å². The Labute approximate surface area is 113 Å². The first-order valence-electron chi connectivity index (χ1n) is 5.19. The number of terminal acetylenes is 1. The van der Waals surface area contributed by atoms with Crippen molar-refractivity contribution in [3.8, 4) is 18.4 Å². The van der Waals surface area contributed by atoms with Crippen LogP contribution in [-0.4, -0.2) is 17.4 Å². The molecule has 18 heavy (non-hydrogen) atoms. The van der Waals surface area contributed by atoms with Gasteiger partial charge in [0, 0.05) is 24.9 Å². The summed E-state index contributed by atoms with van der Waals surface area (Å²) in [5, 5.41) is 8.88. The average molecular weight is 305 g/mol. The van der Waals surface area contributed by atoms with Gasteiger partial charge in [0.25, 0.3) is 0 Å². The lowest BCUT2D eigenvalue weighted by Gasteiger charge is -2.16. The Bertz CT molecular complexity index is 576. The summed E-state index contributed by atoms with van der Waals surface area (Å²) in [5.41, 5.74) is 6.29. The number of hydrogen-bond acceptors (Lipinski definition) is 4. The summed E-state index contributed by atoms with van der Waals surface area (Å²) in [7, 11) is 0. The first-order valence-corrected chi connectivity index (χ1v) is 5.98. The van der Waals surface area contributed by atoms with Crippen LogP contribution in [0.5, 0.6) is 0 Å². The van der Waals surface area contributed by atoms with Crippen molar-refractivity contribution in [3.63, 3.8) is 0 Å². The number of rotatable bonds is 1. The van der Waals surface area contributed by atoms with Crippen molar-refractivity contribution >= 4 is 33.3 Å². The molecule has 6 heteroatoms. The van der Waals surface area contributed by atoms with Crippen LogP contribution < -0.4 is 10.6 Å². The van der Waals surface area contributed by atoms with Crippen LogP contribution in [0.15, 0.2) is 10.7 Å². The van der Waals surface area contributed by atoms with Gasteiger partial charge in [0.2, 0.25) is 5.91 Å². The van der Waals surface area contributed by atoms with E-state index in [2.05, 4.69) is 26.8 Å². The van der Waals surface area contributed by atoms with Crippen molar-refractivity contribution in [2.75, 3.05) is 17.2 Å². The van der Waals surface area contributed by atoms with Gasteiger partial charge in [-0.1, -0.05) is 0 Å². The van der Waals surface area contributed by atoms with Crippen LogP contribution in [0.1, 0.15) is 12.0 Å². The summed E-state index contributed by atoms with van der Waals surface area (Å²) in [6, 6.07) is 3.46. The second kappa shape index (κ2) is 4.67. The molecule has 1 fully saturated rings. The molecule has 0 saturated carbocycles. The molecule has 0 aromatic carbocycles. The van der Waals surface area contributed by atoms with Gasteiger partial charge in [0.15, 0.2) is 0 Å². The molecule has 2 rings (SSSR count). The van der Waals surface area contributed by atoms with E-state index in [1.165, 1.54) is 11.0 Å². The highest BCUT2D eigenvalue weighted by atomic mass is 79.9. The molecule has 1 unspecified atom stereocenters. The van der Waals surface area contributed by atoms with Gasteiger partial charge in [-0.05, 0) is 15.9 Å². The smallest absolute Gasteiger partial charge is 0.229 e. The molecule has 0 bridgehead atoms. The Morgan fingerprint density at radius 2 is 2.39 bits per heavy atom. The van der Waals surface area contributed by atoms with Gasteiger partial charge in [-0.2, -0.15) is 5.26 Å². The van der Waals surface area contributed by atoms with Crippen LogP contribution in [0.2, 0.25) is 0 Å². The fourth-order valence-corrected chi connectivity index (χ4v) is 2.31. The molecule has 1 aromatic heterocycles. The number of carbonyl (C=O) groups excluding carboxylic acids is 1. The van der Waals surface area contributed by atoms with Gasteiger partial charge >= 0.3 is 0 Å². The summed E-state index contributed by atoms with van der Waals surface area (Å²) in [4.78, 5) is 17.4. The van der Waals surface area contributed by atoms with E-state index in [-0.39, 0.29) is 23.1 Å². The molecule has 1 aromatic rings. The molecule has 2 heterocycles. The van der Waals surface area contributed by atoms with E-state index in [4.69, 9.17) is 17.4 Å². The van der Waals surface area contributed by atoms with Crippen molar-refractivity contribution in [1.29, 1.82) is 5.26 Å². The van der Waals surface area contributed by atoms with Crippen LogP contribution in [0.25, 0.3) is 0 Å². The Kier molecular flexibility index (Phi) is 3.22. The number of halogens is 1. The Hall–Kier alpha value is -2.05. The minimum atomic E-state index is -0.102. The monoisotopic (exact) mass is 304 g/mol. The van der Waals surface area contributed by atoms with Crippen molar-refractivity contribution in [2.24, 2.45) is 5.92 Å². The number of nitrogen functional groups attached to an aromatic ring is 1. The average Bonchev–Trinajstić information content (AvgIpc) is 2.70. The molecular weight excluding hydrogens is 296 g/mol. The molecule has 1 aliphatic rings. The number of hydrogen-bond donors (Lipinski definition) is 1. The highest BCUT2D eigenvalue weighted by molar-refractivity contribution is 9.10. The lowest BCUT2D eigenvalue weighted by Crippen LogP contribution is -2.25. The van der Waals surface area contributed by atoms with Gasteiger partial charge in [0.05, 0.1) is 5.69 Å². The number of nitriles is 1. The normalized spacial score (nSPS) is 18.5. The maximum atomic E-state index is 11.8. The van der Waals surface area contributed by atoms with E-state index in [9.17, 15) is 4.79 Å². The fraction of sp³-hybridized carbons (Fsp3) is 0.250. The number of amides is 1. The predicted molar refractivity (Wildman–Crippen MR) is 70.4 cm³/mol. The van der Waals surface area contributed by atoms with E-state index in [0.29, 0.717) is 23.4 Å². The molecule has 5 nitrogen and oxygen atoms in total. The molecule has 1 amide bonds. The van der Waals surface area contributed by atoms with Crippen molar-refractivity contribution < 1.29 is 4.79 Å². The zero-order valence-electron chi connectivity index (χ0n) is 9.35. The largest absolute Gasteiger partial charge is 0.397 e. The number of anilines is 2. The molecule has 1 atom stereocenters. The minimum Gasteiger partial charge on any atom is -0.397 e. The quantitative estimate of drug-likeness (QED) is 0.626. The van der Waals surface area contributed by atoms with E-state index >= 15 is 0 Å². The molecule has 1 aliphatic heterocycles. The van der Waals surface area contributed by atoms with E-state index in [1.54, 1.807) is 0 Å². The summed E-state index contributed by atoms with van der Waals surface area (Å²) < 4.78 is 0.331. The van der Waals surface area contributed by atoms with E-state index in [1.807, 2.05) is 6.07 Å². The highest BCUT2D eigenvalue weighted by Gasteiger charge is 2.30. The summed E-state index contributed by atoms with van der Waals surface area (Å²) in [6.07, 6.45) is 5.63. The number of nitrogens with zero attached hydrogens (tertiary/aromatic N) is 3. The van der Waals surface area contributed by atoms with Crippen molar-refractivity contribution in [2.45, 2.75) is 6.42 Å². The van der Waals surface area contributed by atoms with Crippen LogP contribution in [0.4, 0.5) is 11.5 Å². The van der Waals surface area contributed by atoms with Gasteiger partial charge < -0.3 is 5.73 Å². The molecule has 0 spiro atoms. The van der Waals surface area contributed by atoms with Crippen LogP contribution in [-0.2, 0) is 4.79 Å². The SMILES string of the molecule is C#CC1CC(=O)N(c2cc(N)c(C#N)c(Br)n2)C1. The second-order valence-electron chi connectivity index (χ2n) is 3.92. The third kappa shape index (κ3) is 2.03. The van der Waals surface area contributed by atoms with Crippen molar-refractivity contribution in [3.05, 3.63) is 16.2 Å². The number of nitrogens with two attached hydrogens (primary N) is 1. The first-order chi connectivity index (χ1) is 8.56. The highest BCUT2D eigenvalue weighted by Crippen LogP contribution is 2.29. The van der Waals surface area contributed by atoms with Crippen LogP contribution in [0, 0.1) is 29.6 Å². The standard InChI is InChI=1S/C12H9BrN4O/c1-2-7-3-11(18)17(6-7)10-4-9(15)8(5-14)12(13)16-10/h1,4,7H,3,6H2,(H2,15,16). The first kappa shape index (κ1) is 12.4. The summed E-state index contributed by atoms with van der Waals surface area (Å²) in [5.74, 6) is 2.79. The molecule has 2 N–H and O–H groups in total. The molecule has 0 aliphatic carbocycles. The number of aromatic nitrogens is 1. The van der Waals surface area contributed by atoms with E-state index in [0.717, 1.165) is 0 Å². The molecular formula is C12H9BrN4O. The fourth-order valence-electron chi connectivity index (χ4n) is 1.81. The predicted octanol–water partition coefficient (Wildman–Crippen LogP) is 1.28. The minimum absolute atomic E-state index is 0.0820.